The molecule has 1 saturated heterocycles. The third-order valence-electron chi connectivity index (χ3n) is 5.36. The Bertz CT molecular complexity index is 1080. The number of carbonyl (C=O) groups is 2. The van der Waals surface area contributed by atoms with E-state index < -0.39 is 16.1 Å². The van der Waals surface area contributed by atoms with Crippen molar-refractivity contribution in [3.8, 4) is 0 Å². The Balaban J connectivity index is 1.77. The Morgan fingerprint density at radius 1 is 1.03 bits per heavy atom. The van der Waals surface area contributed by atoms with E-state index in [0.717, 1.165) is 11.1 Å². The van der Waals surface area contributed by atoms with Gasteiger partial charge in [-0.05, 0) is 43.7 Å². The van der Waals surface area contributed by atoms with Crippen LogP contribution in [0, 0.1) is 6.92 Å². The molecule has 1 aliphatic heterocycles. The van der Waals surface area contributed by atoms with Gasteiger partial charge in [-0.1, -0.05) is 41.4 Å². The van der Waals surface area contributed by atoms with Gasteiger partial charge in [0.25, 0.3) is 0 Å². The van der Waals surface area contributed by atoms with Gasteiger partial charge in [0.2, 0.25) is 15.9 Å². The lowest BCUT2D eigenvalue weighted by Crippen LogP contribution is -2.53. The van der Waals surface area contributed by atoms with Gasteiger partial charge in [0.05, 0.1) is 18.0 Å². The number of ether oxygens (including phenoxy) is 1. The molecule has 10 heteroatoms. The average Bonchev–Trinajstić information content (AvgIpc) is 2.79. The van der Waals surface area contributed by atoms with Crippen molar-refractivity contribution in [2.24, 2.45) is 0 Å². The lowest BCUT2D eigenvalue weighted by molar-refractivity contribution is -0.133. The maximum Gasteiger partial charge on any atom is 0.409 e. The minimum Gasteiger partial charge on any atom is -0.450 e. The first kappa shape index (κ1) is 25.0. The molecule has 0 aromatic heterocycles. The number of piperazine rings is 1. The van der Waals surface area contributed by atoms with Crippen LogP contribution in [0.25, 0.3) is 0 Å². The van der Waals surface area contributed by atoms with Crippen molar-refractivity contribution in [1.82, 2.24) is 14.1 Å². The minimum atomic E-state index is -3.95. The summed E-state index contributed by atoms with van der Waals surface area (Å²) in [5.74, 6) is -0.316. The van der Waals surface area contributed by atoms with Gasteiger partial charge in [-0.15, -0.1) is 0 Å². The second-order valence-corrected chi connectivity index (χ2v) is 10.2. The molecule has 2 aromatic carbocycles. The molecule has 1 aliphatic rings. The van der Waals surface area contributed by atoms with Crippen molar-refractivity contribution in [1.29, 1.82) is 0 Å². The molecular weight excluding hydrogens is 466 g/mol. The molecule has 2 aromatic rings. The smallest absolute Gasteiger partial charge is 0.409 e. The number of sulfonamides is 1. The van der Waals surface area contributed by atoms with E-state index in [1.165, 1.54) is 28.6 Å². The highest BCUT2D eigenvalue weighted by Gasteiger charge is 2.31. The van der Waals surface area contributed by atoms with E-state index in [2.05, 4.69) is 0 Å². The number of carbonyl (C=O) groups excluding carboxylic acids is 2. The van der Waals surface area contributed by atoms with Gasteiger partial charge in [-0.2, -0.15) is 4.31 Å². The van der Waals surface area contributed by atoms with Crippen LogP contribution in [0.15, 0.2) is 53.4 Å². The van der Waals surface area contributed by atoms with Gasteiger partial charge in [-0.3, -0.25) is 4.79 Å². The lowest BCUT2D eigenvalue weighted by Gasteiger charge is -2.35. The molecule has 0 atom stereocenters. The summed E-state index contributed by atoms with van der Waals surface area (Å²) in [6.45, 7) is 5.01. The van der Waals surface area contributed by atoms with Crippen LogP contribution < -0.4 is 0 Å². The average molecular weight is 494 g/mol. The third-order valence-corrected chi connectivity index (χ3v) is 7.42. The molecule has 0 radical (unpaired) electrons. The highest BCUT2D eigenvalue weighted by Crippen LogP contribution is 2.21. The van der Waals surface area contributed by atoms with Gasteiger partial charge < -0.3 is 14.5 Å². The van der Waals surface area contributed by atoms with E-state index in [1.54, 1.807) is 16.7 Å². The number of amides is 2. The number of hydrogen-bond acceptors (Lipinski definition) is 5. The van der Waals surface area contributed by atoms with Crippen molar-refractivity contribution in [3.63, 3.8) is 0 Å². The monoisotopic (exact) mass is 493 g/mol. The van der Waals surface area contributed by atoms with Crippen LogP contribution >= 0.6 is 11.6 Å². The van der Waals surface area contributed by atoms with E-state index in [4.69, 9.17) is 16.3 Å². The first-order chi connectivity index (χ1) is 15.7. The third kappa shape index (κ3) is 6.46. The fourth-order valence-electron chi connectivity index (χ4n) is 3.60. The highest BCUT2D eigenvalue weighted by atomic mass is 35.5. The zero-order valence-electron chi connectivity index (χ0n) is 18.7. The molecule has 33 heavy (non-hydrogen) atoms. The number of halogens is 1. The zero-order chi connectivity index (χ0) is 24.0. The molecule has 0 saturated carbocycles. The van der Waals surface area contributed by atoms with Gasteiger partial charge in [0.1, 0.15) is 0 Å². The Morgan fingerprint density at radius 3 is 2.27 bits per heavy atom. The first-order valence-corrected chi connectivity index (χ1v) is 12.5. The number of rotatable bonds is 7. The summed E-state index contributed by atoms with van der Waals surface area (Å²) in [6, 6.07) is 13.4. The number of hydrogen-bond donors (Lipinski definition) is 0. The maximum atomic E-state index is 13.4. The van der Waals surface area contributed by atoms with Crippen LogP contribution in [-0.4, -0.2) is 73.9 Å². The summed E-state index contributed by atoms with van der Waals surface area (Å²) in [7, 11) is -3.95. The van der Waals surface area contributed by atoms with Crippen LogP contribution in [-0.2, 0) is 26.1 Å². The van der Waals surface area contributed by atoms with Crippen LogP contribution in [0.1, 0.15) is 18.1 Å². The van der Waals surface area contributed by atoms with Gasteiger partial charge >= 0.3 is 6.09 Å². The maximum absolute atomic E-state index is 13.4. The highest BCUT2D eigenvalue weighted by molar-refractivity contribution is 7.89. The molecule has 0 spiro atoms. The molecule has 0 N–H and O–H groups in total. The molecule has 0 bridgehead atoms. The van der Waals surface area contributed by atoms with Gasteiger partial charge in [-0.25, -0.2) is 13.2 Å². The summed E-state index contributed by atoms with van der Waals surface area (Å²) in [5.41, 5.74) is 1.78. The summed E-state index contributed by atoms with van der Waals surface area (Å²) in [5, 5.41) is 0.426. The predicted molar refractivity (Wildman–Crippen MR) is 125 cm³/mol. The van der Waals surface area contributed by atoms with Crippen LogP contribution in [0.2, 0.25) is 5.02 Å². The molecule has 3 rings (SSSR count). The quantitative estimate of drug-likeness (QED) is 0.591. The molecule has 8 nitrogen and oxygen atoms in total. The number of benzene rings is 2. The van der Waals surface area contributed by atoms with Crippen molar-refractivity contribution in [2.45, 2.75) is 25.3 Å². The summed E-state index contributed by atoms with van der Waals surface area (Å²) < 4.78 is 33.0. The molecular formula is C23H28ClN3O5S. The molecule has 0 aliphatic carbocycles. The van der Waals surface area contributed by atoms with Crippen LogP contribution in [0.5, 0.6) is 0 Å². The summed E-state index contributed by atoms with van der Waals surface area (Å²) in [4.78, 5) is 28.2. The van der Waals surface area contributed by atoms with Crippen LogP contribution in [0.4, 0.5) is 4.79 Å². The second-order valence-electron chi connectivity index (χ2n) is 7.78. The Morgan fingerprint density at radius 2 is 1.67 bits per heavy atom. The first-order valence-electron chi connectivity index (χ1n) is 10.7. The van der Waals surface area contributed by atoms with E-state index in [-0.39, 0.29) is 30.5 Å². The van der Waals surface area contributed by atoms with Gasteiger partial charge in [0.15, 0.2) is 0 Å². The minimum absolute atomic E-state index is 0.0567. The largest absolute Gasteiger partial charge is 0.450 e. The van der Waals surface area contributed by atoms with E-state index >= 15 is 0 Å². The molecule has 1 heterocycles. The lowest BCUT2D eigenvalue weighted by atomic mass is 10.1. The van der Waals surface area contributed by atoms with Crippen molar-refractivity contribution in [2.75, 3.05) is 39.3 Å². The summed E-state index contributed by atoms with van der Waals surface area (Å²) in [6.07, 6.45) is -0.406. The van der Waals surface area contributed by atoms with Crippen molar-refractivity contribution >= 4 is 33.6 Å². The topological polar surface area (TPSA) is 87.2 Å². The normalized spacial score (nSPS) is 14.4. The fourth-order valence-corrected chi connectivity index (χ4v) is 5.10. The van der Waals surface area contributed by atoms with Crippen LogP contribution in [0.3, 0.4) is 0 Å². The predicted octanol–water partition coefficient (Wildman–Crippen LogP) is 3.14. The van der Waals surface area contributed by atoms with Crippen molar-refractivity contribution < 1.29 is 22.7 Å². The Labute approximate surface area is 199 Å². The molecule has 2 amide bonds. The molecule has 178 valence electrons. The molecule has 1 fully saturated rings. The van der Waals surface area contributed by atoms with E-state index in [0.29, 0.717) is 31.2 Å². The Kier molecular flexibility index (Phi) is 8.34. The fraction of sp³-hybridized carbons (Fsp3) is 0.391. The molecule has 0 unspecified atom stereocenters. The van der Waals surface area contributed by atoms with E-state index in [1.807, 2.05) is 31.2 Å². The summed E-state index contributed by atoms with van der Waals surface area (Å²) >= 11 is 5.92. The van der Waals surface area contributed by atoms with Crippen molar-refractivity contribution in [3.05, 3.63) is 64.7 Å². The second kappa shape index (κ2) is 11.0. The zero-order valence-corrected chi connectivity index (χ0v) is 20.3. The number of nitrogens with zero attached hydrogens (tertiary/aromatic N) is 3. The van der Waals surface area contributed by atoms with Gasteiger partial charge in [0, 0.05) is 37.7 Å². The number of aryl methyl sites for hydroxylation is 1. The van der Waals surface area contributed by atoms with E-state index in [9.17, 15) is 18.0 Å². The Hall–Kier alpha value is -2.62. The standard InChI is InChI=1S/C23H28ClN3O5S/c1-3-32-23(29)26-13-11-25(12-14-26)22(28)17-27(16-19-6-4-5-18(2)15-19)33(30,31)21-9-7-20(24)8-10-21/h4-10,15H,3,11-14,16-17H2,1-2H3. The SMILES string of the molecule is CCOC(=O)N1CCN(C(=O)CN(Cc2cccc(C)c2)S(=O)(=O)c2ccc(Cl)cc2)CC1.